The molecule has 0 spiro atoms. The smallest absolute Gasteiger partial charge is 0.129 e. The first-order chi connectivity index (χ1) is 7.28. The van der Waals surface area contributed by atoms with Crippen molar-refractivity contribution in [2.75, 3.05) is 6.54 Å². The van der Waals surface area contributed by atoms with E-state index in [2.05, 4.69) is 39.9 Å². The van der Waals surface area contributed by atoms with Crippen molar-refractivity contribution in [2.24, 2.45) is 11.8 Å². The molecule has 0 aromatic heterocycles. The zero-order valence-corrected chi connectivity index (χ0v) is 11.9. The molecule has 0 aromatic rings. The van der Waals surface area contributed by atoms with Gasteiger partial charge in [0, 0.05) is 12.0 Å². The summed E-state index contributed by atoms with van der Waals surface area (Å²) in [4.78, 5) is 11.0. The highest BCUT2D eigenvalue weighted by Gasteiger charge is 2.19. The van der Waals surface area contributed by atoms with Crippen LogP contribution < -0.4 is 5.32 Å². The van der Waals surface area contributed by atoms with Gasteiger partial charge in [0.2, 0.25) is 0 Å². The molecule has 0 heterocycles. The maximum atomic E-state index is 11.0. The lowest BCUT2D eigenvalue weighted by molar-refractivity contribution is -0.117. The largest absolute Gasteiger partial charge is 0.312 e. The fourth-order valence-corrected chi connectivity index (χ4v) is 1.62. The molecule has 0 bridgehead atoms. The maximum absolute atomic E-state index is 11.0. The highest BCUT2D eigenvalue weighted by atomic mass is 16.1. The lowest BCUT2D eigenvalue weighted by atomic mass is 9.91. The summed E-state index contributed by atoms with van der Waals surface area (Å²) in [6.45, 7) is 13.9. The second kappa shape index (κ2) is 7.05. The van der Waals surface area contributed by atoms with E-state index in [0.717, 1.165) is 18.9 Å². The number of carbonyl (C=O) groups is 1. The molecule has 0 aliphatic heterocycles. The average molecular weight is 227 g/mol. The Morgan fingerprint density at radius 2 is 1.81 bits per heavy atom. The fraction of sp³-hybridized carbons (Fsp3) is 0.929. The van der Waals surface area contributed by atoms with Gasteiger partial charge in [0.1, 0.15) is 5.78 Å². The molecule has 0 aromatic carbocycles. The number of ketones is 1. The van der Waals surface area contributed by atoms with Crippen LogP contribution in [-0.2, 0) is 4.79 Å². The summed E-state index contributed by atoms with van der Waals surface area (Å²) in [7, 11) is 0. The Morgan fingerprint density at radius 3 is 2.25 bits per heavy atom. The number of Topliss-reactive ketones (excluding diaryl/α,β-unsaturated/α-hetero) is 1. The van der Waals surface area contributed by atoms with Crippen molar-refractivity contribution < 1.29 is 4.79 Å². The molecule has 0 saturated heterocycles. The Labute approximate surface area is 101 Å². The second-order valence-corrected chi connectivity index (χ2v) is 5.83. The number of nitrogens with one attached hydrogen (secondary N) is 1. The van der Waals surface area contributed by atoms with Crippen molar-refractivity contribution in [2.45, 2.75) is 66.3 Å². The average Bonchev–Trinajstić information content (AvgIpc) is 2.22. The first kappa shape index (κ1) is 15.6. The van der Waals surface area contributed by atoms with Crippen molar-refractivity contribution in [3.05, 3.63) is 0 Å². The number of rotatable bonds is 8. The predicted octanol–water partition coefficient (Wildman–Crippen LogP) is 3.41. The van der Waals surface area contributed by atoms with Gasteiger partial charge >= 0.3 is 0 Å². The molecule has 0 amide bonds. The van der Waals surface area contributed by atoms with Crippen LogP contribution in [0.2, 0.25) is 0 Å². The first-order valence-electron chi connectivity index (χ1n) is 6.53. The summed E-state index contributed by atoms with van der Waals surface area (Å²) in [5.74, 6) is 1.74. The quantitative estimate of drug-likeness (QED) is 0.688. The highest BCUT2D eigenvalue weighted by molar-refractivity contribution is 5.75. The minimum atomic E-state index is 0.0768. The Kier molecular flexibility index (Phi) is 6.89. The van der Waals surface area contributed by atoms with Crippen LogP contribution in [0, 0.1) is 11.8 Å². The fourth-order valence-electron chi connectivity index (χ4n) is 1.62. The minimum absolute atomic E-state index is 0.0768. The zero-order valence-electron chi connectivity index (χ0n) is 11.9. The van der Waals surface area contributed by atoms with Gasteiger partial charge in [0.25, 0.3) is 0 Å². The molecule has 96 valence electrons. The predicted molar refractivity (Wildman–Crippen MR) is 70.6 cm³/mol. The molecule has 16 heavy (non-hydrogen) atoms. The molecule has 0 radical (unpaired) electrons. The summed E-state index contributed by atoms with van der Waals surface area (Å²) in [5.41, 5.74) is 0.0768. The summed E-state index contributed by atoms with van der Waals surface area (Å²) >= 11 is 0. The van der Waals surface area contributed by atoms with Crippen LogP contribution in [0.15, 0.2) is 0 Å². The topological polar surface area (TPSA) is 29.1 Å². The highest BCUT2D eigenvalue weighted by Crippen LogP contribution is 2.16. The van der Waals surface area contributed by atoms with E-state index < -0.39 is 0 Å². The standard InChI is InChI=1S/C14H29NO/c1-7-11(2)12(3)10-15-14(5,6)9-8-13(4)16/h11-12,15H,7-10H2,1-6H3. The third kappa shape index (κ3) is 7.00. The SMILES string of the molecule is CCC(C)C(C)CNC(C)(C)CCC(C)=O. The van der Waals surface area contributed by atoms with E-state index in [1.165, 1.54) is 6.42 Å². The molecule has 0 saturated carbocycles. The van der Waals surface area contributed by atoms with Crippen LogP contribution in [0.1, 0.15) is 60.8 Å². The van der Waals surface area contributed by atoms with Crippen molar-refractivity contribution in [3.8, 4) is 0 Å². The van der Waals surface area contributed by atoms with E-state index in [4.69, 9.17) is 0 Å². The lowest BCUT2D eigenvalue weighted by Crippen LogP contribution is -2.42. The first-order valence-corrected chi connectivity index (χ1v) is 6.53. The van der Waals surface area contributed by atoms with Gasteiger partial charge in [-0.15, -0.1) is 0 Å². The summed E-state index contributed by atoms with van der Waals surface area (Å²) in [5, 5.41) is 3.58. The summed E-state index contributed by atoms with van der Waals surface area (Å²) in [6, 6.07) is 0. The molecular formula is C14H29NO. The van der Waals surface area contributed by atoms with E-state index in [-0.39, 0.29) is 11.3 Å². The van der Waals surface area contributed by atoms with Crippen LogP contribution >= 0.6 is 0 Å². The van der Waals surface area contributed by atoms with Crippen LogP contribution in [0.4, 0.5) is 0 Å². The lowest BCUT2D eigenvalue weighted by Gasteiger charge is -2.29. The second-order valence-electron chi connectivity index (χ2n) is 5.83. The van der Waals surface area contributed by atoms with Gasteiger partial charge in [-0.2, -0.15) is 0 Å². The van der Waals surface area contributed by atoms with Gasteiger partial charge in [-0.1, -0.05) is 27.2 Å². The molecular weight excluding hydrogens is 198 g/mol. The maximum Gasteiger partial charge on any atom is 0.129 e. The zero-order chi connectivity index (χ0) is 12.8. The molecule has 1 N–H and O–H groups in total. The molecule has 0 aliphatic rings. The van der Waals surface area contributed by atoms with Gasteiger partial charge in [-0.25, -0.2) is 0 Å². The van der Waals surface area contributed by atoms with E-state index in [1.54, 1.807) is 6.92 Å². The number of hydrogen-bond acceptors (Lipinski definition) is 2. The Morgan fingerprint density at radius 1 is 1.25 bits per heavy atom. The molecule has 0 aliphatic carbocycles. The Bertz CT molecular complexity index is 211. The Hall–Kier alpha value is -0.370. The van der Waals surface area contributed by atoms with E-state index in [1.807, 2.05) is 0 Å². The van der Waals surface area contributed by atoms with Gasteiger partial charge in [0.05, 0.1) is 0 Å². The van der Waals surface area contributed by atoms with E-state index in [0.29, 0.717) is 12.3 Å². The van der Waals surface area contributed by atoms with Crippen LogP contribution in [0.5, 0.6) is 0 Å². The monoisotopic (exact) mass is 227 g/mol. The van der Waals surface area contributed by atoms with Crippen molar-refractivity contribution in [1.82, 2.24) is 5.32 Å². The minimum Gasteiger partial charge on any atom is -0.312 e. The van der Waals surface area contributed by atoms with Crippen LogP contribution in [0.3, 0.4) is 0 Å². The molecule has 0 fully saturated rings. The molecule has 2 heteroatoms. The van der Waals surface area contributed by atoms with Gasteiger partial charge < -0.3 is 10.1 Å². The normalized spacial score (nSPS) is 15.9. The molecule has 2 atom stereocenters. The molecule has 2 nitrogen and oxygen atoms in total. The van der Waals surface area contributed by atoms with Crippen LogP contribution in [-0.4, -0.2) is 17.9 Å². The van der Waals surface area contributed by atoms with Gasteiger partial charge in [-0.3, -0.25) is 0 Å². The molecule has 0 rings (SSSR count). The number of hydrogen-bond donors (Lipinski definition) is 1. The molecule has 2 unspecified atom stereocenters. The van der Waals surface area contributed by atoms with Gasteiger partial charge in [0.15, 0.2) is 0 Å². The number of carbonyl (C=O) groups excluding carboxylic acids is 1. The third-order valence-corrected chi connectivity index (χ3v) is 3.62. The van der Waals surface area contributed by atoms with Crippen molar-refractivity contribution in [1.29, 1.82) is 0 Å². The van der Waals surface area contributed by atoms with E-state index in [9.17, 15) is 4.79 Å². The van der Waals surface area contributed by atoms with Gasteiger partial charge in [-0.05, 0) is 45.6 Å². The van der Waals surface area contributed by atoms with Crippen molar-refractivity contribution in [3.63, 3.8) is 0 Å². The Balaban J connectivity index is 3.93. The third-order valence-electron chi connectivity index (χ3n) is 3.62. The summed E-state index contributed by atoms with van der Waals surface area (Å²) < 4.78 is 0. The summed E-state index contributed by atoms with van der Waals surface area (Å²) in [6.07, 6.45) is 2.84. The van der Waals surface area contributed by atoms with Crippen LogP contribution in [0.25, 0.3) is 0 Å². The van der Waals surface area contributed by atoms with Crippen molar-refractivity contribution >= 4 is 5.78 Å². The van der Waals surface area contributed by atoms with E-state index >= 15 is 0 Å².